The van der Waals surface area contributed by atoms with Crippen LogP contribution in [0.1, 0.15) is 22.3 Å². The number of fused-ring (bicyclic) bond motifs is 1. The van der Waals surface area contributed by atoms with Gasteiger partial charge >= 0.3 is 5.91 Å². The Morgan fingerprint density at radius 2 is 2.06 bits per heavy atom. The molecule has 1 aromatic rings. The number of nitrogen functional groups attached to an aromatic ring is 1. The van der Waals surface area contributed by atoms with Gasteiger partial charge in [-0.15, -0.1) is 0 Å². The highest BCUT2D eigenvalue weighted by atomic mass is 16.2. The fourth-order valence-corrected chi connectivity index (χ4v) is 2.25. The molecule has 3 amide bonds. The monoisotopic (exact) mass is 244 g/mol. The Morgan fingerprint density at radius 1 is 1.28 bits per heavy atom. The maximum atomic E-state index is 12.1. The third-order valence-electron chi connectivity index (χ3n) is 3.15. The van der Waals surface area contributed by atoms with E-state index in [0.717, 1.165) is 0 Å². The van der Waals surface area contributed by atoms with E-state index < -0.39 is 11.9 Å². The smallest absolute Gasteiger partial charge is 0.398 e. The third kappa shape index (κ3) is 1.35. The van der Waals surface area contributed by atoms with Gasteiger partial charge in [0, 0.05) is 5.69 Å². The average Bonchev–Trinajstić information content (AvgIpc) is 2.81. The van der Waals surface area contributed by atoms with E-state index in [0.29, 0.717) is 16.8 Å². The lowest BCUT2D eigenvalue weighted by Crippen LogP contribution is -2.36. The van der Waals surface area contributed by atoms with Gasteiger partial charge in [0.15, 0.2) is 6.21 Å². The second kappa shape index (κ2) is 3.49. The number of nitrogens with two attached hydrogens (primary N) is 1. The molecule has 0 bridgehead atoms. The molecule has 0 spiro atoms. The highest BCUT2D eigenvalue weighted by Gasteiger charge is 2.46. The van der Waals surface area contributed by atoms with Crippen molar-refractivity contribution in [2.75, 3.05) is 5.73 Å². The van der Waals surface area contributed by atoms with E-state index in [4.69, 9.17) is 5.73 Å². The van der Waals surface area contributed by atoms with E-state index in [-0.39, 0.29) is 18.2 Å². The van der Waals surface area contributed by atoms with E-state index in [1.54, 1.807) is 18.2 Å². The lowest BCUT2D eigenvalue weighted by molar-refractivity contribution is -0.447. The summed E-state index contributed by atoms with van der Waals surface area (Å²) in [5.74, 6) is -1.11. The molecule has 3 N–H and O–H groups in total. The Kier molecular flexibility index (Phi) is 2.07. The molecule has 90 valence electrons. The topological polar surface area (TPSA) is 92.3 Å². The van der Waals surface area contributed by atoms with Crippen molar-refractivity contribution >= 4 is 29.6 Å². The van der Waals surface area contributed by atoms with Crippen molar-refractivity contribution in [1.82, 2.24) is 5.32 Å². The molecule has 3 rings (SSSR count). The molecule has 1 unspecified atom stereocenters. The summed E-state index contributed by atoms with van der Waals surface area (Å²) in [6.45, 7) is 0. The van der Waals surface area contributed by atoms with Crippen LogP contribution in [0.2, 0.25) is 0 Å². The molecular weight excluding hydrogens is 234 g/mol. The number of rotatable bonds is 1. The number of carbonyl (C=O) groups is 3. The number of nitrogens with zero attached hydrogens (tertiary/aromatic N) is 1. The average molecular weight is 244 g/mol. The summed E-state index contributed by atoms with van der Waals surface area (Å²) >= 11 is 0. The van der Waals surface area contributed by atoms with Crippen LogP contribution in [-0.4, -0.2) is 34.6 Å². The Hall–Kier alpha value is -2.50. The van der Waals surface area contributed by atoms with Crippen molar-refractivity contribution in [2.24, 2.45) is 0 Å². The predicted octanol–water partition coefficient (Wildman–Crippen LogP) is -0.731. The minimum absolute atomic E-state index is 0.00499. The van der Waals surface area contributed by atoms with Crippen molar-refractivity contribution in [2.45, 2.75) is 12.5 Å². The number of benzene rings is 1. The summed E-state index contributed by atoms with van der Waals surface area (Å²) < 4.78 is 1.28. The molecule has 2 aliphatic heterocycles. The number of hydrogen-bond acceptors (Lipinski definition) is 4. The quantitative estimate of drug-likeness (QED) is 0.387. The Morgan fingerprint density at radius 3 is 2.67 bits per heavy atom. The molecule has 1 saturated heterocycles. The van der Waals surface area contributed by atoms with Gasteiger partial charge in [0.25, 0.3) is 5.91 Å². The molecule has 6 nitrogen and oxygen atoms in total. The largest absolute Gasteiger partial charge is 0.421 e. The van der Waals surface area contributed by atoms with E-state index in [1.165, 1.54) is 10.8 Å². The molecule has 0 radical (unpaired) electrons. The fourth-order valence-electron chi connectivity index (χ4n) is 2.25. The van der Waals surface area contributed by atoms with Crippen molar-refractivity contribution in [1.29, 1.82) is 0 Å². The standard InChI is InChI=1S/C12H9N3O3/c13-8-3-1-2-6-7(8)5-15(12(6)18)9-4-10(16)14-11(9)17/h1-3,5,9,13H,4H2,(H,14,16,17)/p+1. The van der Waals surface area contributed by atoms with Gasteiger partial charge in [-0.05, 0) is 12.1 Å². The van der Waals surface area contributed by atoms with Crippen LogP contribution in [0.4, 0.5) is 5.69 Å². The Bertz CT molecular complexity index is 633. The van der Waals surface area contributed by atoms with Crippen molar-refractivity contribution in [3.05, 3.63) is 29.3 Å². The minimum atomic E-state index is -0.767. The number of amides is 3. The lowest BCUT2D eigenvalue weighted by atomic mass is 10.1. The van der Waals surface area contributed by atoms with Crippen molar-refractivity contribution < 1.29 is 19.0 Å². The van der Waals surface area contributed by atoms with Crippen LogP contribution in [0.15, 0.2) is 18.2 Å². The first kappa shape index (κ1) is 10.6. The van der Waals surface area contributed by atoms with Crippen molar-refractivity contribution in [3.63, 3.8) is 0 Å². The zero-order valence-electron chi connectivity index (χ0n) is 9.34. The lowest BCUT2D eigenvalue weighted by Gasteiger charge is -1.99. The molecule has 1 aromatic carbocycles. The van der Waals surface area contributed by atoms with Gasteiger partial charge in [-0.25, -0.2) is 4.79 Å². The SMILES string of the molecule is Nc1cccc2c1C=[N+](C1CC(=O)NC1=O)C2=O. The summed E-state index contributed by atoms with van der Waals surface area (Å²) in [5.41, 5.74) is 7.33. The zero-order valence-corrected chi connectivity index (χ0v) is 9.34. The fraction of sp³-hybridized carbons (Fsp3) is 0.167. The van der Waals surface area contributed by atoms with E-state index in [9.17, 15) is 14.4 Å². The van der Waals surface area contributed by atoms with Gasteiger partial charge in [0.05, 0.1) is 12.0 Å². The first-order chi connectivity index (χ1) is 8.58. The predicted molar refractivity (Wildman–Crippen MR) is 62.2 cm³/mol. The molecule has 18 heavy (non-hydrogen) atoms. The maximum absolute atomic E-state index is 12.1. The Balaban J connectivity index is 2.05. The van der Waals surface area contributed by atoms with Crippen LogP contribution in [0, 0.1) is 0 Å². The number of carbonyl (C=O) groups excluding carboxylic acids is 3. The van der Waals surface area contributed by atoms with E-state index in [1.807, 2.05) is 0 Å². The first-order valence-corrected chi connectivity index (χ1v) is 5.47. The van der Waals surface area contributed by atoms with Gasteiger partial charge < -0.3 is 5.73 Å². The first-order valence-electron chi connectivity index (χ1n) is 5.47. The van der Waals surface area contributed by atoms with E-state index >= 15 is 0 Å². The second-order valence-electron chi connectivity index (χ2n) is 4.28. The summed E-state index contributed by atoms with van der Waals surface area (Å²) in [5, 5.41) is 2.18. The Labute approximate surface area is 102 Å². The number of hydrogen-bond donors (Lipinski definition) is 2. The molecule has 1 fully saturated rings. The molecule has 0 saturated carbocycles. The van der Waals surface area contributed by atoms with Gasteiger partial charge in [0.2, 0.25) is 11.9 Å². The molecule has 0 aliphatic carbocycles. The minimum Gasteiger partial charge on any atom is -0.398 e. The van der Waals surface area contributed by atoms with Crippen LogP contribution in [0.25, 0.3) is 0 Å². The third-order valence-corrected chi connectivity index (χ3v) is 3.15. The van der Waals surface area contributed by atoms with Crippen LogP contribution in [0.5, 0.6) is 0 Å². The van der Waals surface area contributed by atoms with Crippen LogP contribution in [-0.2, 0) is 9.59 Å². The summed E-state index contributed by atoms with van der Waals surface area (Å²) in [4.78, 5) is 34.9. The molecule has 1 atom stereocenters. The van der Waals surface area contributed by atoms with Gasteiger partial charge in [-0.3, -0.25) is 14.9 Å². The van der Waals surface area contributed by atoms with Crippen LogP contribution < -0.4 is 11.1 Å². The molecule has 2 aliphatic rings. The maximum Gasteiger partial charge on any atom is 0.421 e. The summed E-state index contributed by atoms with van der Waals surface area (Å²) in [6, 6.07) is 4.26. The highest BCUT2D eigenvalue weighted by Crippen LogP contribution is 2.23. The second-order valence-corrected chi connectivity index (χ2v) is 4.28. The molecule has 6 heteroatoms. The zero-order chi connectivity index (χ0) is 12.9. The normalized spacial score (nSPS) is 21.9. The molecular formula is C12H10N3O3+. The van der Waals surface area contributed by atoms with Gasteiger partial charge in [-0.1, -0.05) is 6.07 Å². The number of imide groups is 1. The number of nitrogens with one attached hydrogen (secondary N) is 1. The number of anilines is 1. The van der Waals surface area contributed by atoms with Crippen molar-refractivity contribution in [3.8, 4) is 0 Å². The summed E-state index contributed by atoms with van der Waals surface area (Å²) in [6.07, 6.45) is 1.53. The van der Waals surface area contributed by atoms with Crippen LogP contribution >= 0.6 is 0 Å². The van der Waals surface area contributed by atoms with E-state index in [2.05, 4.69) is 5.32 Å². The molecule has 2 heterocycles. The summed E-state index contributed by atoms with van der Waals surface area (Å²) in [7, 11) is 0. The van der Waals surface area contributed by atoms with Crippen LogP contribution in [0.3, 0.4) is 0 Å². The highest BCUT2D eigenvalue weighted by molar-refractivity contribution is 6.11. The molecule has 0 aromatic heterocycles. The van der Waals surface area contributed by atoms with Gasteiger partial charge in [0.1, 0.15) is 5.56 Å². The van der Waals surface area contributed by atoms with Gasteiger partial charge in [-0.2, -0.15) is 4.58 Å².